The molecular formula is C15H22N2O3. The van der Waals surface area contributed by atoms with E-state index in [2.05, 4.69) is 5.32 Å². The highest BCUT2D eigenvalue weighted by Crippen LogP contribution is 2.25. The Kier molecular flexibility index (Phi) is 5.24. The molecule has 0 atom stereocenters. The van der Waals surface area contributed by atoms with Crippen molar-refractivity contribution in [1.29, 1.82) is 0 Å². The van der Waals surface area contributed by atoms with Crippen LogP contribution in [0.15, 0.2) is 18.2 Å². The van der Waals surface area contributed by atoms with Crippen molar-refractivity contribution in [2.45, 2.75) is 31.7 Å². The van der Waals surface area contributed by atoms with Crippen molar-refractivity contribution in [2.24, 2.45) is 5.73 Å². The van der Waals surface area contributed by atoms with Crippen LogP contribution in [0.3, 0.4) is 0 Å². The molecule has 1 aromatic carbocycles. The highest BCUT2D eigenvalue weighted by atomic mass is 16.5. The highest BCUT2D eigenvalue weighted by molar-refractivity contribution is 5.76. The van der Waals surface area contributed by atoms with Crippen molar-refractivity contribution >= 4 is 5.91 Å². The first kappa shape index (κ1) is 14.7. The molecular weight excluding hydrogens is 256 g/mol. The van der Waals surface area contributed by atoms with Crippen molar-refractivity contribution in [3.63, 3.8) is 0 Å². The number of carbonyl (C=O) groups excluding carboxylic acids is 1. The van der Waals surface area contributed by atoms with Crippen molar-refractivity contribution in [3.05, 3.63) is 23.8 Å². The standard InChI is InChI=1S/C15H22N2O3/c1-19-13-5-2-11(6-8-16)14(10-13)20-9-7-15(18)17-12-3-4-12/h2,5,10,12H,3-4,6-9,16H2,1H3,(H,17,18). The second kappa shape index (κ2) is 7.14. The van der Waals surface area contributed by atoms with Crippen molar-refractivity contribution in [2.75, 3.05) is 20.3 Å². The lowest BCUT2D eigenvalue weighted by molar-refractivity contribution is -0.121. The summed E-state index contributed by atoms with van der Waals surface area (Å²) >= 11 is 0. The van der Waals surface area contributed by atoms with Crippen LogP contribution in [0.1, 0.15) is 24.8 Å². The SMILES string of the molecule is COc1ccc(CCN)c(OCCC(=O)NC2CC2)c1. The molecule has 1 aromatic rings. The maximum absolute atomic E-state index is 11.6. The topological polar surface area (TPSA) is 73.6 Å². The number of carbonyl (C=O) groups is 1. The lowest BCUT2D eigenvalue weighted by Crippen LogP contribution is -2.26. The zero-order valence-corrected chi connectivity index (χ0v) is 11.9. The van der Waals surface area contributed by atoms with E-state index in [0.717, 1.165) is 36.3 Å². The predicted octanol–water partition coefficient (Wildman–Crippen LogP) is 1.24. The van der Waals surface area contributed by atoms with E-state index in [1.807, 2.05) is 18.2 Å². The minimum absolute atomic E-state index is 0.0516. The number of amides is 1. The van der Waals surface area contributed by atoms with E-state index < -0.39 is 0 Å². The summed E-state index contributed by atoms with van der Waals surface area (Å²) in [6, 6.07) is 6.07. The van der Waals surface area contributed by atoms with Crippen LogP contribution >= 0.6 is 0 Å². The summed E-state index contributed by atoms with van der Waals surface area (Å²) < 4.78 is 10.9. The van der Waals surface area contributed by atoms with Crippen molar-refractivity contribution in [1.82, 2.24) is 5.32 Å². The van der Waals surface area contributed by atoms with E-state index in [0.29, 0.717) is 25.6 Å². The average molecular weight is 278 g/mol. The molecule has 0 unspecified atom stereocenters. The molecule has 3 N–H and O–H groups in total. The Labute approximate surface area is 119 Å². The molecule has 0 aliphatic heterocycles. The molecule has 1 aliphatic rings. The van der Waals surface area contributed by atoms with Crippen LogP contribution < -0.4 is 20.5 Å². The van der Waals surface area contributed by atoms with Crippen molar-refractivity contribution < 1.29 is 14.3 Å². The summed E-state index contributed by atoms with van der Waals surface area (Å²) in [6.45, 7) is 0.925. The van der Waals surface area contributed by atoms with E-state index in [9.17, 15) is 4.79 Å². The zero-order chi connectivity index (χ0) is 14.4. The molecule has 5 nitrogen and oxygen atoms in total. The van der Waals surface area contributed by atoms with Crippen molar-refractivity contribution in [3.8, 4) is 11.5 Å². The molecule has 20 heavy (non-hydrogen) atoms. The minimum Gasteiger partial charge on any atom is -0.497 e. The van der Waals surface area contributed by atoms with Gasteiger partial charge in [-0.1, -0.05) is 6.07 Å². The number of nitrogens with two attached hydrogens (primary N) is 1. The summed E-state index contributed by atoms with van der Waals surface area (Å²) in [4.78, 5) is 11.6. The molecule has 0 aromatic heterocycles. The lowest BCUT2D eigenvalue weighted by atomic mass is 10.1. The van der Waals surface area contributed by atoms with Crippen LogP contribution in [0.25, 0.3) is 0 Å². The first-order valence-electron chi connectivity index (χ1n) is 7.02. The van der Waals surface area contributed by atoms with E-state index in [4.69, 9.17) is 15.2 Å². The summed E-state index contributed by atoms with van der Waals surface area (Å²) in [6.07, 6.45) is 3.32. The molecule has 5 heteroatoms. The molecule has 0 radical (unpaired) electrons. The largest absolute Gasteiger partial charge is 0.497 e. The predicted molar refractivity (Wildman–Crippen MR) is 77.0 cm³/mol. The Balaban J connectivity index is 1.87. The number of nitrogens with one attached hydrogen (secondary N) is 1. The number of ether oxygens (including phenoxy) is 2. The van der Waals surface area contributed by atoms with Gasteiger partial charge in [0.25, 0.3) is 0 Å². The summed E-state index contributed by atoms with van der Waals surface area (Å²) in [5, 5.41) is 2.94. The van der Waals surface area contributed by atoms with Gasteiger partial charge in [-0.2, -0.15) is 0 Å². The third-order valence-electron chi connectivity index (χ3n) is 3.22. The highest BCUT2D eigenvalue weighted by Gasteiger charge is 2.22. The Morgan fingerprint density at radius 3 is 2.90 bits per heavy atom. The van der Waals surface area contributed by atoms with Crippen LogP contribution in [0, 0.1) is 0 Å². The smallest absolute Gasteiger partial charge is 0.223 e. The van der Waals surface area contributed by atoms with Gasteiger partial charge in [0.2, 0.25) is 5.91 Å². The van der Waals surface area contributed by atoms with E-state index in [1.54, 1.807) is 7.11 Å². The maximum atomic E-state index is 11.6. The number of hydrogen-bond donors (Lipinski definition) is 2. The quantitative estimate of drug-likeness (QED) is 0.750. The monoisotopic (exact) mass is 278 g/mol. The van der Waals surface area contributed by atoms with Crippen LogP contribution in [-0.2, 0) is 11.2 Å². The summed E-state index contributed by atoms with van der Waals surface area (Å²) in [5.74, 6) is 1.54. The van der Waals surface area contributed by atoms with Gasteiger partial charge in [-0.25, -0.2) is 0 Å². The van der Waals surface area contributed by atoms with Gasteiger partial charge in [0.1, 0.15) is 11.5 Å². The fourth-order valence-electron chi connectivity index (χ4n) is 1.94. The lowest BCUT2D eigenvalue weighted by Gasteiger charge is -2.12. The molecule has 1 aliphatic carbocycles. The minimum atomic E-state index is 0.0516. The maximum Gasteiger partial charge on any atom is 0.223 e. The Hall–Kier alpha value is -1.75. The third-order valence-corrected chi connectivity index (χ3v) is 3.22. The van der Waals surface area contributed by atoms with Gasteiger partial charge < -0.3 is 20.5 Å². The number of benzene rings is 1. The van der Waals surface area contributed by atoms with Crippen LogP contribution in [-0.4, -0.2) is 32.2 Å². The first-order valence-corrected chi connectivity index (χ1v) is 7.02. The summed E-state index contributed by atoms with van der Waals surface area (Å²) in [7, 11) is 1.62. The Morgan fingerprint density at radius 1 is 1.45 bits per heavy atom. The normalized spacial score (nSPS) is 13.9. The van der Waals surface area contributed by atoms with Crippen LogP contribution in [0.2, 0.25) is 0 Å². The number of methoxy groups -OCH3 is 1. The van der Waals surface area contributed by atoms with E-state index in [1.165, 1.54) is 0 Å². The molecule has 2 rings (SSSR count). The Morgan fingerprint density at radius 2 is 2.25 bits per heavy atom. The molecule has 1 fully saturated rings. The van der Waals surface area contributed by atoms with Gasteiger partial charge in [0.05, 0.1) is 20.1 Å². The summed E-state index contributed by atoms with van der Waals surface area (Å²) in [5.41, 5.74) is 6.63. The second-order valence-corrected chi connectivity index (χ2v) is 4.95. The van der Waals surface area contributed by atoms with E-state index in [-0.39, 0.29) is 5.91 Å². The van der Waals surface area contributed by atoms with Crippen LogP contribution in [0.4, 0.5) is 0 Å². The number of hydrogen-bond acceptors (Lipinski definition) is 4. The molecule has 0 saturated heterocycles. The molecule has 110 valence electrons. The van der Waals surface area contributed by atoms with E-state index >= 15 is 0 Å². The molecule has 1 saturated carbocycles. The third kappa shape index (κ3) is 4.42. The van der Waals surface area contributed by atoms with Gasteiger partial charge in [-0.3, -0.25) is 4.79 Å². The van der Waals surface area contributed by atoms with Gasteiger partial charge in [0.15, 0.2) is 0 Å². The molecule has 0 spiro atoms. The zero-order valence-electron chi connectivity index (χ0n) is 11.9. The van der Waals surface area contributed by atoms with Crippen LogP contribution in [0.5, 0.6) is 11.5 Å². The number of rotatable bonds is 8. The molecule has 0 heterocycles. The Bertz CT molecular complexity index is 458. The van der Waals surface area contributed by atoms with Gasteiger partial charge in [0, 0.05) is 12.1 Å². The fraction of sp³-hybridized carbons (Fsp3) is 0.533. The molecule has 1 amide bonds. The first-order chi connectivity index (χ1) is 9.72. The molecule has 0 bridgehead atoms. The van der Waals surface area contributed by atoms with Gasteiger partial charge in [-0.05, 0) is 37.4 Å². The average Bonchev–Trinajstić information content (AvgIpc) is 3.24. The fourth-order valence-corrected chi connectivity index (χ4v) is 1.94. The van der Waals surface area contributed by atoms with Gasteiger partial charge in [-0.15, -0.1) is 0 Å². The second-order valence-electron chi connectivity index (χ2n) is 4.95. The van der Waals surface area contributed by atoms with Gasteiger partial charge >= 0.3 is 0 Å².